The van der Waals surface area contributed by atoms with E-state index in [1.807, 2.05) is 0 Å². The largest absolute Gasteiger partial charge is 0.384 e. The zero-order valence-corrected chi connectivity index (χ0v) is 11.2. The van der Waals surface area contributed by atoms with E-state index in [1.165, 1.54) is 24.3 Å². The number of non-ortho nitro benzene ring substituents is 1. The van der Waals surface area contributed by atoms with E-state index in [0.29, 0.717) is 23.7 Å². The van der Waals surface area contributed by atoms with Crippen LogP contribution in [0.3, 0.4) is 0 Å². The Hall–Kier alpha value is -2.14. The van der Waals surface area contributed by atoms with Crippen molar-refractivity contribution in [3.8, 4) is 0 Å². The van der Waals surface area contributed by atoms with Crippen LogP contribution in [0.2, 0.25) is 5.02 Å². The fourth-order valence-electron chi connectivity index (χ4n) is 1.75. The molecule has 2 aromatic carbocycles. The molecule has 0 spiro atoms. The number of rotatable bonds is 5. The van der Waals surface area contributed by atoms with Crippen LogP contribution in [0.4, 0.5) is 15.8 Å². The van der Waals surface area contributed by atoms with Gasteiger partial charge in [0, 0.05) is 18.7 Å². The third-order valence-electron chi connectivity index (χ3n) is 2.81. The fourth-order valence-corrected chi connectivity index (χ4v) is 2.00. The predicted molar refractivity (Wildman–Crippen MR) is 76.7 cm³/mol. The minimum Gasteiger partial charge on any atom is -0.384 e. The topological polar surface area (TPSA) is 55.2 Å². The van der Waals surface area contributed by atoms with Gasteiger partial charge in [0.25, 0.3) is 5.69 Å². The molecular formula is C14H12ClFN2O2. The highest BCUT2D eigenvalue weighted by molar-refractivity contribution is 6.33. The number of nitro groups is 1. The van der Waals surface area contributed by atoms with Gasteiger partial charge in [-0.1, -0.05) is 23.7 Å². The van der Waals surface area contributed by atoms with Crippen molar-refractivity contribution >= 4 is 23.0 Å². The summed E-state index contributed by atoms with van der Waals surface area (Å²) in [5.74, 6) is -0.264. The van der Waals surface area contributed by atoms with E-state index in [1.54, 1.807) is 18.2 Å². The zero-order chi connectivity index (χ0) is 14.5. The quantitative estimate of drug-likeness (QED) is 0.669. The van der Waals surface area contributed by atoms with Crippen LogP contribution in [0.15, 0.2) is 42.5 Å². The maximum absolute atomic E-state index is 12.7. The molecule has 0 unspecified atom stereocenters. The van der Waals surface area contributed by atoms with Gasteiger partial charge in [-0.25, -0.2) is 4.39 Å². The summed E-state index contributed by atoms with van der Waals surface area (Å²) in [5, 5.41) is 14.0. The fraction of sp³-hybridized carbons (Fsp3) is 0.143. The third-order valence-corrected chi connectivity index (χ3v) is 3.12. The van der Waals surface area contributed by atoms with E-state index in [9.17, 15) is 14.5 Å². The second-order valence-electron chi connectivity index (χ2n) is 4.22. The van der Waals surface area contributed by atoms with Crippen molar-refractivity contribution in [1.82, 2.24) is 0 Å². The van der Waals surface area contributed by atoms with Crippen molar-refractivity contribution in [2.75, 3.05) is 11.9 Å². The highest BCUT2D eigenvalue weighted by Gasteiger charge is 2.08. The monoisotopic (exact) mass is 294 g/mol. The van der Waals surface area contributed by atoms with Gasteiger partial charge in [0.05, 0.1) is 15.6 Å². The van der Waals surface area contributed by atoms with E-state index < -0.39 is 4.92 Å². The Balaban J connectivity index is 1.94. The van der Waals surface area contributed by atoms with Gasteiger partial charge in [-0.2, -0.15) is 0 Å². The molecule has 20 heavy (non-hydrogen) atoms. The predicted octanol–water partition coefficient (Wildman–Crippen LogP) is 4.04. The summed E-state index contributed by atoms with van der Waals surface area (Å²) in [5.41, 5.74) is 1.59. The smallest absolute Gasteiger partial charge is 0.271 e. The SMILES string of the molecule is O=[N+]([O-])c1ccc(NCCc2ccc(F)cc2)c(Cl)c1. The van der Waals surface area contributed by atoms with Crippen LogP contribution in [0.25, 0.3) is 0 Å². The van der Waals surface area contributed by atoms with E-state index in [4.69, 9.17) is 11.6 Å². The van der Waals surface area contributed by atoms with E-state index >= 15 is 0 Å². The third kappa shape index (κ3) is 3.68. The van der Waals surface area contributed by atoms with Gasteiger partial charge in [-0.3, -0.25) is 10.1 Å². The van der Waals surface area contributed by atoms with Crippen molar-refractivity contribution in [3.63, 3.8) is 0 Å². The Kier molecular flexibility index (Phi) is 4.53. The van der Waals surface area contributed by atoms with Gasteiger partial charge < -0.3 is 5.32 Å². The summed E-state index contributed by atoms with van der Waals surface area (Å²) in [6, 6.07) is 10.5. The highest BCUT2D eigenvalue weighted by Crippen LogP contribution is 2.26. The van der Waals surface area contributed by atoms with Gasteiger partial charge in [0.2, 0.25) is 0 Å². The lowest BCUT2D eigenvalue weighted by molar-refractivity contribution is -0.384. The summed E-state index contributed by atoms with van der Waals surface area (Å²) in [7, 11) is 0. The number of hydrogen-bond acceptors (Lipinski definition) is 3. The molecule has 0 bridgehead atoms. The first-order valence-electron chi connectivity index (χ1n) is 5.98. The summed E-state index contributed by atoms with van der Waals surface area (Å²) in [6.07, 6.45) is 0.702. The number of halogens is 2. The maximum atomic E-state index is 12.7. The molecule has 0 atom stereocenters. The normalized spacial score (nSPS) is 10.3. The van der Waals surface area contributed by atoms with Gasteiger partial charge in [0.15, 0.2) is 0 Å². The number of nitro benzene ring substituents is 1. The van der Waals surface area contributed by atoms with Gasteiger partial charge >= 0.3 is 0 Å². The van der Waals surface area contributed by atoms with Crippen LogP contribution >= 0.6 is 11.6 Å². The number of hydrogen-bond donors (Lipinski definition) is 1. The maximum Gasteiger partial charge on any atom is 0.271 e. The highest BCUT2D eigenvalue weighted by atomic mass is 35.5. The Morgan fingerprint density at radius 1 is 1.20 bits per heavy atom. The summed E-state index contributed by atoms with van der Waals surface area (Å²) < 4.78 is 12.7. The lowest BCUT2D eigenvalue weighted by Gasteiger charge is -2.08. The van der Waals surface area contributed by atoms with Crippen molar-refractivity contribution in [2.24, 2.45) is 0 Å². The Bertz CT molecular complexity index is 617. The van der Waals surface area contributed by atoms with Crippen LogP contribution < -0.4 is 5.32 Å². The van der Waals surface area contributed by atoms with Crippen molar-refractivity contribution in [1.29, 1.82) is 0 Å². The summed E-state index contributed by atoms with van der Waals surface area (Å²) >= 11 is 5.96. The first kappa shape index (κ1) is 14.3. The Morgan fingerprint density at radius 2 is 1.90 bits per heavy atom. The van der Waals surface area contributed by atoms with Crippen LogP contribution in [0.5, 0.6) is 0 Å². The molecule has 0 amide bonds. The molecular weight excluding hydrogens is 283 g/mol. The van der Waals surface area contributed by atoms with Crippen molar-refractivity contribution < 1.29 is 9.31 Å². The second-order valence-corrected chi connectivity index (χ2v) is 4.63. The molecule has 0 saturated carbocycles. The minimum atomic E-state index is -0.492. The van der Waals surface area contributed by atoms with Crippen molar-refractivity contribution in [3.05, 3.63) is 69.0 Å². The zero-order valence-electron chi connectivity index (χ0n) is 10.5. The molecule has 0 aromatic heterocycles. The molecule has 104 valence electrons. The first-order chi connectivity index (χ1) is 9.56. The molecule has 0 saturated heterocycles. The molecule has 0 radical (unpaired) electrons. The molecule has 1 N–H and O–H groups in total. The molecule has 0 aliphatic rings. The lowest BCUT2D eigenvalue weighted by atomic mass is 10.1. The number of anilines is 1. The molecule has 0 aliphatic carbocycles. The molecule has 2 aromatic rings. The molecule has 2 rings (SSSR count). The average molecular weight is 295 g/mol. The van der Waals surface area contributed by atoms with Gasteiger partial charge in [0.1, 0.15) is 5.82 Å². The van der Waals surface area contributed by atoms with Crippen LogP contribution in [-0.2, 0) is 6.42 Å². The van der Waals surface area contributed by atoms with Crippen molar-refractivity contribution in [2.45, 2.75) is 6.42 Å². The van der Waals surface area contributed by atoms with Gasteiger partial charge in [-0.15, -0.1) is 0 Å². The second kappa shape index (κ2) is 6.34. The molecule has 6 heteroatoms. The van der Waals surface area contributed by atoms with E-state index in [0.717, 1.165) is 5.56 Å². The summed E-state index contributed by atoms with van der Waals surface area (Å²) in [4.78, 5) is 10.1. The summed E-state index contributed by atoms with van der Waals surface area (Å²) in [6.45, 7) is 0.600. The molecule has 4 nitrogen and oxygen atoms in total. The molecule has 0 heterocycles. The van der Waals surface area contributed by atoms with Gasteiger partial charge in [-0.05, 0) is 30.2 Å². The average Bonchev–Trinajstić information content (AvgIpc) is 2.42. The lowest BCUT2D eigenvalue weighted by Crippen LogP contribution is -2.05. The van der Waals surface area contributed by atoms with E-state index in [2.05, 4.69) is 5.32 Å². The molecule has 0 aliphatic heterocycles. The number of nitrogens with zero attached hydrogens (tertiary/aromatic N) is 1. The van der Waals surface area contributed by atoms with Crippen LogP contribution in [0, 0.1) is 15.9 Å². The Morgan fingerprint density at radius 3 is 2.50 bits per heavy atom. The standard InChI is InChI=1S/C14H12ClFN2O2/c15-13-9-12(18(19)20)5-6-14(13)17-8-7-10-1-3-11(16)4-2-10/h1-6,9,17H,7-8H2. The number of nitrogens with one attached hydrogen (secondary N) is 1. The van der Waals surface area contributed by atoms with E-state index in [-0.39, 0.29) is 11.5 Å². The van der Waals surface area contributed by atoms with Crippen LogP contribution in [-0.4, -0.2) is 11.5 Å². The minimum absolute atomic E-state index is 0.0425. The van der Waals surface area contributed by atoms with Crippen LogP contribution in [0.1, 0.15) is 5.56 Å². The Labute approximate surface area is 120 Å². The molecule has 0 fully saturated rings. The number of benzene rings is 2. The first-order valence-corrected chi connectivity index (χ1v) is 6.36.